The Hall–Kier alpha value is -1.64. The van der Waals surface area contributed by atoms with Gasteiger partial charge in [0.2, 0.25) is 10.0 Å². The summed E-state index contributed by atoms with van der Waals surface area (Å²) in [7, 11) is -2.12. The van der Waals surface area contributed by atoms with Gasteiger partial charge < -0.3 is 5.73 Å². The molecule has 6 nitrogen and oxygen atoms in total. The first kappa shape index (κ1) is 13.8. The minimum atomic E-state index is -3.48. The summed E-state index contributed by atoms with van der Waals surface area (Å²) in [5.41, 5.74) is 6.24. The van der Waals surface area contributed by atoms with E-state index in [1.807, 2.05) is 0 Å². The first-order valence-electron chi connectivity index (χ1n) is 5.30. The van der Waals surface area contributed by atoms with E-state index in [4.69, 9.17) is 5.73 Å². The molecule has 0 radical (unpaired) electrons. The van der Waals surface area contributed by atoms with Gasteiger partial charge in [-0.1, -0.05) is 11.8 Å². The number of rotatable bonds is 4. The Labute approximate surface area is 115 Å². The van der Waals surface area contributed by atoms with Crippen molar-refractivity contribution in [1.29, 1.82) is 0 Å². The maximum absolute atomic E-state index is 11.6. The van der Waals surface area contributed by atoms with Gasteiger partial charge in [0, 0.05) is 23.0 Å². The topological polar surface area (TPSA) is 98.0 Å². The number of nitrogen functional groups attached to an aromatic ring is 1. The van der Waals surface area contributed by atoms with Gasteiger partial charge in [-0.05, 0) is 25.2 Å². The molecule has 2 aromatic rings. The van der Waals surface area contributed by atoms with E-state index in [0.717, 1.165) is 4.90 Å². The molecular formula is C11H12N4O2S2. The van der Waals surface area contributed by atoms with Crippen molar-refractivity contribution in [1.82, 2.24) is 14.7 Å². The molecule has 0 amide bonds. The van der Waals surface area contributed by atoms with E-state index >= 15 is 0 Å². The number of nitrogens with one attached hydrogen (secondary N) is 1. The zero-order valence-electron chi connectivity index (χ0n) is 10.1. The van der Waals surface area contributed by atoms with Gasteiger partial charge in [-0.15, -0.1) is 0 Å². The van der Waals surface area contributed by atoms with E-state index < -0.39 is 10.0 Å². The summed E-state index contributed by atoms with van der Waals surface area (Å²) in [4.78, 5) is 8.93. The van der Waals surface area contributed by atoms with Crippen molar-refractivity contribution in [2.24, 2.45) is 0 Å². The summed E-state index contributed by atoms with van der Waals surface area (Å²) < 4.78 is 25.5. The number of hydrogen-bond acceptors (Lipinski definition) is 6. The highest BCUT2D eigenvalue weighted by molar-refractivity contribution is 7.99. The van der Waals surface area contributed by atoms with Gasteiger partial charge in [0.15, 0.2) is 0 Å². The molecule has 100 valence electrons. The maximum atomic E-state index is 11.6. The Balaban J connectivity index is 2.31. The van der Waals surface area contributed by atoms with E-state index in [1.165, 1.54) is 30.9 Å². The summed E-state index contributed by atoms with van der Waals surface area (Å²) >= 11 is 1.33. The van der Waals surface area contributed by atoms with E-state index in [1.54, 1.807) is 24.7 Å². The van der Waals surface area contributed by atoms with Crippen molar-refractivity contribution in [2.45, 2.75) is 14.8 Å². The number of anilines is 1. The lowest BCUT2D eigenvalue weighted by atomic mass is 10.3. The molecule has 3 N–H and O–H groups in total. The molecule has 0 aliphatic heterocycles. The highest BCUT2D eigenvalue weighted by Gasteiger charge is 2.13. The second-order valence-electron chi connectivity index (χ2n) is 3.55. The van der Waals surface area contributed by atoms with Gasteiger partial charge in [-0.3, -0.25) is 4.98 Å². The summed E-state index contributed by atoms with van der Waals surface area (Å²) in [5.74, 6) is 0. The van der Waals surface area contributed by atoms with Crippen molar-refractivity contribution in [3.05, 3.63) is 36.8 Å². The molecule has 19 heavy (non-hydrogen) atoms. The van der Waals surface area contributed by atoms with Crippen LogP contribution in [0, 0.1) is 0 Å². The third-order valence-corrected chi connectivity index (χ3v) is 4.74. The highest BCUT2D eigenvalue weighted by Crippen LogP contribution is 2.31. The van der Waals surface area contributed by atoms with Crippen LogP contribution in [0.5, 0.6) is 0 Å². The molecule has 1 aromatic heterocycles. The number of nitrogens with zero attached hydrogens (tertiary/aromatic N) is 2. The molecule has 0 aliphatic rings. The largest absolute Gasteiger partial charge is 0.398 e. The Morgan fingerprint density at radius 1 is 1.32 bits per heavy atom. The average molecular weight is 296 g/mol. The Morgan fingerprint density at radius 2 is 2.11 bits per heavy atom. The quantitative estimate of drug-likeness (QED) is 0.820. The molecule has 0 fully saturated rings. The van der Waals surface area contributed by atoms with Crippen molar-refractivity contribution in [2.75, 3.05) is 12.8 Å². The normalized spacial score (nSPS) is 11.4. The zero-order chi connectivity index (χ0) is 13.9. The van der Waals surface area contributed by atoms with Crippen LogP contribution in [-0.4, -0.2) is 25.4 Å². The van der Waals surface area contributed by atoms with Crippen LogP contribution in [0.2, 0.25) is 0 Å². The number of nitrogens with two attached hydrogens (primary N) is 1. The number of aromatic nitrogens is 2. The van der Waals surface area contributed by atoms with Crippen LogP contribution < -0.4 is 10.5 Å². The molecular weight excluding hydrogens is 284 g/mol. The van der Waals surface area contributed by atoms with E-state index in [-0.39, 0.29) is 4.90 Å². The fourth-order valence-electron chi connectivity index (χ4n) is 1.36. The minimum absolute atomic E-state index is 0.135. The van der Waals surface area contributed by atoms with Crippen molar-refractivity contribution < 1.29 is 8.42 Å². The fourth-order valence-corrected chi connectivity index (χ4v) is 2.89. The molecule has 8 heteroatoms. The summed E-state index contributed by atoms with van der Waals surface area (Å²) in [5, 5.41) is 0.693. The van der Waals surface area contributed by atoms with Crippen LogP contribution in [0.15, 0.2) is 51.6 Å². The van der Waals surface area contributed by atoms with E-state index in [2.05, 4.69) is 14.7 Å². The van der Waals surface area contributed by atoms with Gasteiger partial charge in [-0.25, -0.2) is 18.1 Å². The fraction of sp³-hybridized carbons (Fsp3) is 0.0909. The second kappa shape index (κ2) is 5.55. The molecule has 0 aliphatic carbocycles. The van der Waals surface area contributed by atoms with Gasteiger partial charge in [0.1, 0.15) is 5.03 Å². The van der Waals surface area contributed by atoms with Gasteiger partial charge in [0.05, 0.1) is 11.1 Å². The molecule has 1 aromatic carbocycles. The molecule has 0 bridgehead atoms. The van der Waals surface area contributed by atoms with Crippen LogP contribution in [-0.2, 0) is 10.0 Å². The molecule has 0 atom stereocenters. The maximum Gasteiger partial charge on any atom is 0.240 e. The van der Waals surface area contributed by atoms with E-state index in [0.29, 0.717) is 10.7 Å². The zero-order valence-corrected chi connectivity index (χ0v) is 11.7. The van der Waals surface area contributed by atoms with Crippen LogP contribution in [0.4, 0.5) is 5.69 Å². The third-order valence-electron chi connectivity index (χ3n) is 2.31. The predicted octanol–water partition coefficient (Wildman–Crippen LogP) is 1.12. The predicted molar refractivity (Wildman–Crippen MR) is 73.3 cm³/mol. The van der Waals surface area contributed by atoms with Gasteiger partial charge in [0.25, 0.3) is 0 Å². The van der Waals surface area contributed by atoms with E-state index in [9.17, 15) is 8.42 Å². The lowest BCUT2D eigenvalue weighted by molar-refractivity contribution is 0.588. The van der Waals surface area contributed by atoms with Crippen molar-refractivity contribution in [3.63, 3.8) is 0 Å². The molecule has 2 rings (SSSR count). The first-order valence-corrected chi connectivity index (χ1v) is 7.60. The first-order chi connectivity index (χ1) is 9.03. The Morgan fingerprint density at radius 3 is 2.68 bits per heavy atom. The van der Waals surface area contributed by atoms with Crippen LogP contribution in [0.3, 0.4) is 0 Å². The Bertz CT molecular complexity index is 674. The lowest BCUT2D eigenvalue weighted by Crippen LogP contribution is -2.18. The summed E-state index contributed by atoms with van der Waals surface area (Å²) in [6.07, 6.45) is 4.77. The highest BCUT2D eigenvalue weighted by atomic mass is 32.2. The monoisotopic (exact) mass is 296 g/mol. The lowest BCUT2D eigenvalue weighted by Gasteiger charge is -2.07. The van der Waals surface area contributed by atoms with Crippen molar-refractivity contribution in [3.8, 4) is 0 Å². The van der Waals surface area contributed by atoms with Gasteiger partial charge in [-0.2, -0.15) is 0 Å². The molecule has 1 heterocycles. The van der Waals surface area contributed by atoms with Gasteiger partial charge >= 0.3 is 0 Å². The molecule has 0 unspecified atom stereocenters. The van der Waals surface area contributed by atoms with Crippen LogP contribution >= 0.6 is 11.8 Å². The summed E-state index contributed by atoms with van der Waals surface area (Å²) in [6, 6.07) is 4.57. The molecule has 0 spiro atoms. The van der Waals surface area contributed by atoms with Crippen LogP contribution in [0.25, 0.3) is 0 Å². The average Bonchev–Trinajstić information content (AvgIpc) is 2.42. The minimum Gasteiger partial charge on any atom is -0.398 e. The van der Waals surface area contributed by atoms with Crippen LogP contribution in [0.1, 0.15) is 0 Å². The molecule has 0 saturated carbocycles. The standard InChI is InChI=1S/C11H12N4O2S2/c1-13-19(16,17)8-2-3-10(9(12)6-8)18-11-7-14-4-5-15-11/h2-7,13H,12H2,1H3. The SMILES string of the molecule is CNS(=O)(=O)c1ccc(Sc2cnccn2)c(N)c1. The number of sulfonamides is 1. The number of hydrogen-bond donors (Lipinski definition) is 2. The second-order valence-corrected chi connectivity index (χ2v) is 6.50. The third kappa shape index (κ3) is 3.22. The molecule has 0 saturated heterocycles. The smallest absolute Gasteiger partial charge is 0.240 e. The number of benzene rings is 1. The van der Waals surface area contributed by atoms with Crippen molar-refractivity contribution >= 4 is 27.5 Å². The summed E-state index contributed by atoms with van der Waals surface area (Å²) in [6.45, 7) is 0. The Kier molecular flexibility index (Phi) is 4.03.